The number of nitrogens with zero attached hydrogens (tertiary/aromatic N) is 2. The van der Waals surface area contributed by atoms with E-state index < -0.39 is 0 Å². The molecule has 1 atom stereocenters. The van der Waals surface area contributed by atoms with E-state index in [9.17, 15) is 4.79 Å². The average Bonchev–Trinajstić information content (AvgIpc) is 3.07. The molecule has 142 valence electrons. The zero-order valence-electron chi connectivity index (χ0n) is 15.9. The van der Waals surface area contributed by atoms with Gasteiger partial charge in [-0.05, 0) is 48.7 Å². The first-order valence-electron chi connectivity index (χ1n) is 9.21. The van der Waals surface area contributed by atoms with Crippen LogP contribution in [0.5, 0.6) is 0 Å². The number of fused-ring (bicyclic) bond motifs is 1. The third-order valence-corrected chi connectivity index (χ3v) is 6.53. The van der Waals surface area contributed by atoms with Gasteiger partial charge in [-0.15, -0.1) is 11.3 Å². The SMILES string of the molecule is C=CC(=O)N1Cc2sc(Cl)cc2[C@@H](c2ccccc2-c2ccc(C)nc2C)C1. The molecule has 0 radical (unpaired) electrons. The Morgan fingerprint density at radius 1 is 1.21 bits per heavy atom. The first-order chi connectivity index (χ1) is 13.5. The molecule has 28 heavy (non-hydrogen) atoms. The van der Waals surface area contributed by atoms with Crippen molar-refractivity contribution in [2.75, 3.05) is 6.54 Å². The van der Waals surface area contributed by atoms with Gasteiger partial charge in [-0.2, -0.15) is 0 Å². The normalized spacial score (nSPS) is 16.0. The number of carbonyl (C=O) groups excluding carboxylic acids is 1. The van der Waals surface area contributed by atoms with E-state index >= 15 is 0 Å². The molecule has 0 N–H and O–H groups in total. The second kappa shape index (κ2) is 7.53. The number of pyridine rings is 1. The number of aryl methyl sites for hydroxylation is 2. The minimum Gasteiger partial charge on any atom is -0.333 e. The predicted molar refractivity (Wildman–Crippen MR) is 116 cm³/mol. The van der Waals surface area contributed by atoms with Gasteiger partial charge in [0.2, 0.25) is 5.91 Å². The Bertz CT molecular complexity index is 1070. The van der Waals surface area contributed by atoms with E-state index in [1.54, 1.807) is 11.3 Å². The maximum absolute atomic E-state index is 12.4. The predicted octanol–water partition coefficient (Wildman–Crippen LogP) is 5.74. The van der Waals surface area contributed by atoms with Gasteiger partial charge < -0.3 is 4.90 Å². The molecule has 3 nitrogen and oxygen atoms in total. The number of rotatable bonds is 3. The van der Waals surface area contributed by atoms with Crippen LogP contribution in [0.1, 0.15) is 33.3 Å². The van der Waals surface area contributed by atoms with Crippen molar-refractivity contribution < 1.29 is 4.79 Å². The molecule has 1 aromatic carbocycles. The summed E-state index contributed by atoms with van der Waals surface area (Å²) in [7, 11) is 0. The van der Waals surface area contributed by atoms with Crippen molar-refractivity contribution in [3.8, 4) is 11.1 Å². The van der Waals surface area contributed by atoms with Gasteiger partial charge in [0.1, 0.15) is 0 Å². The molecular formula is C23H21ClN2OS. The topological polar surface area (TPSA) is 33.2 Å². The van der Waals surface area contributed by atoms with Crippen LogP contribution in [0.3, 0.4) is 0 Å². The minimum absolute atomic E-state index is 0.0502. The highest BCUT2D eigenvalue weighted by Crippen LogP contribution is 2.43. The first kappa shape index (κ1) is 18.9. The summed E-state index contributed by atoms with van der Waals surface area (Å²) in [4.78, 5) is 20.0. The number of thiophene rings is 1. The van der Waals surface area contributed by atoms with Gasteiger partial charge in [0.05, 0.1) is 10.9 Å². The van der Waals surface area contributed by atoms with Crippen molar-refractivity contribution in [3.05, 3.63) is 86.8 Å². The lowest BCUT2D eigenvalue weighted by atomic mass is 9.83. The van der Waals surface area contributed by atoms with Crippen LogP contribution in [-0.4, -0.2) is 22.3 Å². The summed E-state index contributed by atoms with van der Waals surface area (Å²) in [5, 5.41) is 0. The van der Waals surface area contributed by atoms with E-state index in [0.29, 0.717) is 13.1 Å². The van der Waals surface area contributed by atoms with E-state index in [0.717, 1.165) is 31.7 Å². The lowest BCUT2D eigenvalue weighted by Crippen LogP contribution is -2.37. The molecule has 2 aromatic heterocycles. The van der Waals surface area contributed by atoms with Gasteiger partial charge in [-0.3, -0.25) is 9.78 Å². The van der Waals surface area contributed by atoms with E-state index in [1.165, 1.54) is 17.2 Å². The zero-order chi connectivity index (χ0) is 19.8. The number of hydrogen-bond acceptors (Lipinski definition) is 3. The lowest BCUT2D eigenvalue weighted by molar-refractivity contribution is -0.127. The molecule has 0 bridgehead atoms. The second-order valence-electron chi connectivity index (χ2n) is 7.08. The van der Waals surface area contributed by atoms with E-state index in [-0.39, 0.29) is 11.8 Å². The number of benzene rings is 1. The van der Waals surface area contributed by atoms with Crippen molar-refractivity contribution in [1.29, 1.82) is 0 Å². The molecule has 0 spiro atoms. The van der Waals surface area contributed by atoms with E-state index in [4.69, 9.17) is 11.6 Å². The highest BCUT2D eigenvalue weighted by Gasteiger charge is 2.31. The highest BCUT2D eigenvalue weighted by molar-refractivity contribution is 7.16. The Hall–Kier alpha value is -2.43. The van der Waals surface area contributed by atoms with Crippen LogP contribution in [0.2, 0.25) is 4.34 Å². The standard InChI is InChI=1S/C23H21ClN2OS/c1-4-23(27)26-12-20(19-11-22(24)28-21(19)13-26)18-8-6-5-7-17(18)16-10-9-14(2)25-15(16)3/h4-11,20H,1,12-13H2,2-3H3/t20-/m1/s1. The third kappa shape index (κ3) is 3.38. The van der Waals surface area contributed by atoms with Crippen LogP contribution in [-0.2, 0) is 11.3 Å². The van der Waals surface area contributed by atoms with Crippen molar-refractivity contribution >= 4 is 28.8 Å². The molecule has 0 unspecified atom stereocenters. The molecule has 0 fully saturated rings. The Morgan fingerprint density at radius 3 is 2.75 bits per heavy atom. The molecular weight excluding hydrogens is 388 g/mol. The van der Waals surface area contributed by atoms with Crippen LogP contribution >= 0.6 is 22.9 Å². The molecule has 5 heteroatoms. The molecule has 3 heterocycles. The molecule has 0 saturated heterocycles. The summed E-state index contributed by atoms with van der Waals surface area (Å²) in [5.41, 5.74) is 6.69. The number of amides is 1. The van der Waals surface area contributed by atoms with Crippen molar-refractivity contribution in [2.24, 2.45) is 0 Å². The maximum Gasteiger partial charge on any atom is 0.246 e. The van der Waals surface area contributed by atoms with Gasteiger partial charge in [0.15, 0.2) is 0 Å². The molecule has 1 aliphatic heterocycles. The number of aromatic nitrogens is 1. The third-order valence-electron chi connectivity index (χ3n) is 5.26. The summed E-state index contributed by atoms with van der Waals surface area (Å²) >= 11 is 7.90. The van der Waals surface area contributed by atoms with Crippen LogP contribution in [0.4, 0.5) is 0 Å². The van der Waals surface area contributed by atoms with Crippen LogP contribution in [0.15, 0.2) is 55.1 Å². The van der Waals surface area contributed by atoms with Gasteiger partial charge in [-0.25, -0.2) is 0 Å². The van der Waals surface area contributed by atoms with Gasteiger partial charge >= 0.3 is 0 Å². The quantitative estimate of drug-likeness (QED) is 0.517. The molecule has 1 aliphatic rings. The van der Waals surface area contributed by atoms with Gasteiger partial charge in [0, 0.05) is 34.3 Å². The molecule has 3 aromatic rings. The highest BCUT2D eigenvalue weighted by atomic mass is 35.5. The van der Waals surface area contributed by atoms with Gasteiger partial charge in [0.25, 0.3) is 0 Å². The maximum atomic E-state index is 12.4. The van der Waals surface area contributed by atoms with Crippen LogP contribution in [0.25, 0.3) is 11.1 Å². The first-order valence-corrected chi connectivity index (χ1v) is 10.4. The minimum atomic E-state index is -0.0502. The van der Waals surface area contributed by atoms with E-state index in [1.807, 2.05) is 24.8 Å². The molecule has 0 saturated carbocycles. The monoisotopic (exact) mass is 408 g/mol. The Balaban J connectivity index is 1.86. The number of halogens is 1. The molecule has 0 aliphatic carbocycles. The van der Waals surface area contributed by atoms with Crippen molar-refractivity contribution in [3.63, 3.8) is 0 Å². The molecule has 1 amide bonds. The van der Waals surface area contributed by atoms with Gasteiger partial charge in [-0.1, -0.05) is 48.5 Å². The number of hydrogen-bond donors (Lipinski definition) is 0. The summed E-state index contributed by atoms with van der Waals surface area (Å²) in [5.74, 6) is 0.0131. The Morgan fingerprint density at radius 2 is 2.00 bits per heavy atom. The molecule has 4 rings (SSSR count). The summed E-state index contributed by atoms with van der Waals surface area (Å²) in [6.45, 7) is 8.90. The fourth-order valence-electron chi connectivity index (χ4n) is 3.96. The van der Waals surface area contributed by atoms with Crippen molar-refractivity contribution in [1.82, 2.24) is 9.88 Å². The fraction of sp³-hybridized carbons (Fsp3) is 0.217. The summed E-state index contributed by atoms with van der Waals surface area (Å²) in [6, 6.07) is 14.6. The van der Waals surface area contributed by atoms with E-state index in [2.05, 4.69) is 48.0 Å². The second-order valence-corrected chi connectivity index (χ2v) is 8.85. The fourth-order valence-corrected chi connectivity index (χ4v) is 5.32. The zero-order valence-corrected chi connectivity index (χ0v) is 17.5. The Labute approximate surface area is 174 Å². The largest absolute Gasteiger partial charge is 0.333 e. The Kier molecular flexibility index (Phi) is 5.09. The van der Waals surface area contributed by atoms with Crippen LogP contribution < -0.4 is 0 Å². The summed E-state index contributed by atoms with van der Waals surface area (Å²) in [6.07, 6.45) is 1.39. The summed E-state index contributed by atoms with van der Waals surface area (Å²) < 4.78 is 0.758. The average molecular weight is 409 g/mol. The van der Waals surface area contributed by atoms with Crippen LogP contribution in [0, 0.1) is 13.8 Å². The smallest absolute Gasteiger partial charge is 0.246 e. The number of carbonyl (C=O) groups is 1. The van der Waals surface area contributed by atoms with Crippen molar-refractivity contribution in [2.45, 2.75) is 26.3 Å². The lowest BCUT2D eigenvalue weighted by Gasteiger charge is -2.33.